The number of esters is 1. The number of hydrogen-bond acceptors (Lipinski definition) is 3. The Morgan fingerprint density at radius 2 is 2.11 bits per heavy atom. The molecule has 1 N–H and O–H groups in total. The first-order valence-corrected chi connectivity index (χ1v) is 6.62. The first-order chi connectivity index (χ1) is 8.63. The number of nitrogens with one attached hydrogen (secondary N) is 1. The van der Waals surface area contributed by atoms with Crippen LogP contribution in [0.2, 0.25) is 0 Å². The summed E-state index contributed by atoms with van der Waals surface area (Å²) in [4.78, 5) is 23.5. The predicted molar refractivity (Wildman–Crippen MR) is 70.0 cm³/mol. The standard InChI is InChI=1S/C13H14BrNO3/c1-2-18-13(17)11-10(7-15-12(11)16)8-3-5-9(14)6-4-8/h3-6,10-11H,2,7H2,1H3,(H,15,16)/t10-,11?/m1/s1. The van der Waals surface area contributed by atoms with E-state index in [1.807, 2.05) is 24.3 Å². The van der Waals surface area contributed by atoms with Crippen LogP contribution in [0.1, 0.15) is 18.4 Å². The first kappa shape index (κ1) is 13.1. The minimum absolute atomic E-state index is 0.148. The maximum Gasteiger partial charge on any atom is 0.319 e. The van der Waals surface area contributed by atoms with Gasteiger partial charge in [0.1, 0.15) is 5.92 Å². The Morgan fingerprint density at radius 3 is 2.72 bits per heavy atom. The normalized spacial score (nSPS) is 22.7. The summed E-state index contributed by atoms with van der Waals surface area (Å²) in [5.74, 6) is -1.57. The molecule has 1 aliphatic heterocycles. The van der Waals surface area contributed by atoms with Gasteiger partial charge in [-0.3, -0.25) is 9.59 Å². The van der Waals surface area contributed by atoms with Crippen LogP contribution in [0, 0.1) is 5.92 Å². The van der Waals surface area contributed by atoms with Gasteiger partial charge in [-0.05, 0) is 24.6 Å². The maximum atomic E-state index is 11.8. The van der Waals surface area contributed by atoms with Crippen molar-refractivity contribution in [1.82, 2.24) is 5.32 Å². The van der Waals surface area contributed by atoms with E-state index >= 15 is 0 Å². The van der Waals surface area contributed by atoms with Gasteiger partial charge in [0, 0.05) is 16.9 Å². The number of carbonyl (C=O) groups is 2. The Hall–Kier alpha value is -1.36. The van der Waals surface area contributed by atoms with Crippen molar-refractivity contribution in [2.75, 3.05) is 13.2 Å². The number of benzene rings is 1. The summed E-state index contributed by atoms with van der Waals surface area (Å²) in [6, 6.07) is 7.64. The van der Waals surface area contributed by atoms with Crippen molar-refractivity contribution in [3.05, 3.63) is 34.3 Å². The number of hydrogen-bond donors (Lipinski definition) is 1. The third-order valence-electron chi connectivity index (χ3n) is 3.02. The third-order valence-corrected chi connectivity index (χ3v) is 3.55. The summed E-state index contributed by atoms with van der Waals surface area (Å²) < 4.78 is 5.93. The molecule has 0 bridgehead atoms. The molecule has 1 unspecified atom stereocenters. The molecule has 0 spiro atoms. The summed E-state index contributed by atoms with van der Waals surface area (Å²) in [5.41, 5.74) is 0.967. The average molecular weight is 312 g/mol. The molecule has 1 saturated heterocycles. The molecule has 2 rings (SSSR count). The van der Waals surface area contributed by atoms with Crippen molar-refractivity contribution in [2.45, 2.75) is 12.8 Å². The smallest absolute Gasteiger partial charge is 0.319 e. The average Bonchev–Trinajstić information content (AvgIpc) is 2.72. The van der Waals surface area contributed by atoms with E-state index in [0.29, 0.717) is 6.54 Å². The van der Waals surface area contributed by atoms with Crippen LogP contribution in [-0.4, -0.2) is 25.0 Å². The molecule has 18 heavy (non-hydrogen) atoms. The lowest BCUT2D eigenvalue weighted by Gasteiger charge is -2.15. The van der Waals surface area contributed by atoms with Gasteiger partial charge in [-0.25, -0.2) is 0 Å². The summed E-state index contributed by atoms with van der Waals surface area (Å²) in [5, 5.41) is 2.72. The van der Waals surface area contributed by atoms with Crippen molar-refractivity contribution >= 4 is 27.8 Å². The minimum Gasteiger partial charge on any atom is -0.465 e. The lowest BCUT2D eigenvalue weighted by atomic mass is 9.88. The fourth-order valence-electron chi connectivity index (χ4n) is 2.14. The van der Waals surface area contributed by atoms with Gasteiger partial charge in [0.05, 0.1) is 6.61 Å². The molecule has 0 aliphatic carbocycles. The zero-order valence-corrected chi connectivity index (χ0v) is 11.6. The molecule has 1 fully saturated rings. The van der Waals surface area contributed by atoms with Crippen LogP contribution in [0.3, 0.4) is 0 Å². The van der Waals surface area contributed by atoms with Crippen molar-refractivity contribution in [3.63, 3.8) is 0 Å². The maximum absolute atomic E-state index is 11.8. The monoisotopic (exact) mass is 311 g/mol. The Labute approximate surface area is 114 Å². The van der Waals surface area contributed by atoms with Crippen molar-refractivity contribution in [3.8, 4) is 0 Å². The summed E-state index contributed by atoms with van der Waals surface area (Å²) in [7, 11) is 0. The topological polar surface area (TPSA) is 55.4 Å². The summed E-state index contributed by atoms with van der Waals surface area (Å²) >= 11 is 3.36. The zero-order valence-electron chi connectivity index (χ0n) is 9.98. The molecule has 96 valence electrons. The number of halogens is 1. The highest BCUT2D eigenvalue weighted by Gasteiger charge is 2.41. The van der Waals surface area contributed by atoms with Gasteiger partial charge in [-0.15, -0.1) is 0 Å². The molecular weight excluding hydrogens is 298 g/mol. The van der Waals surface area contributed by atoms with Gasteiger partial charge in [0.25, 0.3) is 0 Å². The van der Waals surface area contributed by atoms with Crippen LogP contribution in [0.15, 0.2) is 28.7 Å². The van der Waals surface area contributed by atoms with Gasteiger partial charge >= 0.3 is 5.97 Å². The number of ether oxygens (including phenoxy) is 1. The highest BCUT2D eigenvalue weighted by Crippen LogP contribution is 2.30. The lowest BCUT2D eigenvalue weighted by Crippen LogP contribution is -2.28. The Kier molecular flexibility index (Phi) is 4.01. The Morgan fingerprint density at radius 1 is 1.44 bits per heavy atom. The van der Waals surface area contributed by atoms with E-state index in [0.717, 1.165) is 10.0 Å². The SMILES string of the molecule is CCOC(=O)C1C(=O)NC[C@@H]1c1ccc(Br)cc1. The fourth-order valence-corrected chi connectivity index (χ4v) is 2.41. The minimum atomic E-state index is -0.730. The van der Waals surface area contributed by atoms with Crippen molar-refractivity contribution in [2.24, 2.45) is 5.92 Å². The molecule has 0 aromatic heterocycles. The van der Waals surface area contributed by atoms with E-state index in [-0.39, 0.29) is 18.4 Å². The highest BCUT2D eigenvalue weighted by molar-refractivity contribution is 9.10. The predicted octanol–water partition coefficient (Wildman–Crippen LogP) is 1.84. The van der Waals surface area contributed by atoms with E-state index in [1.165, 1.54) is 0 Å². The molecule has 1 amide bonds. The van der Waals surface area contributed by atoms with E-state index < -0.39 is 11.9 Å². The molecule has 5 heteroatoms. The van der Waals surface area contributed by atoms with E-state index in [2.05, 4.69) is 21.2 Å². The highest BCUT2D eigenvalue weighted by atomic mass is 79.9. The molecule has 4 nitrogen and oxygen atoms in total. The van der Waals surface area contributed by atoms with Crippen LogP contribution in [0.25, 0.3) is 0 Å². The van der Waals surface area contributed by atoms with E-state index in [1.54, 1.807) is 6.92 Å². The second kappa shape index (κ2) is 5.52. The van der Waals surface area contributed by atoms with Crippen LogP contribution >= 0.6 is 15.9 Å². The van der Waals surface area contributed by atoms with Crippen LogP contribution in [-0.2, 0) is 14.3 Å². The second-order valence-corrected chi connectivity index (χ2v) is 5.05. The lowest BCUT2D eigenvalue weighted by molar-refractivity contribution is -0.151. The zero-order chi connectivity index (χ0) is 13.1. The Balaban J connectivity index is 2.23. The van der Waals surface area contributed by atoms with Gasteiger partial charge in [0.2, 0.25) is 5.91 Å². The molecule has 1 aromatic carbocycles. The number of rotatable bonds is 3. The van der Waals surface area contributed by atoms with Gasteiger partial charge in [-0.1, -0.05) is 28.1 Å². The van der Waals surface area contributed by atoms with E-state index in [9.17, 15) is 9.59 Å². The molecular formula is C13H14BrNO3. The van der Waals surface area contributed by atoms with E-state index in [4.69, 9.17) is 4.74 Å². The van der Waals surface area contributed by atoms with Gasteiger partial charge in [-0.2, -0.15) is 0 Å². The molecule has 2 atom stereocenters. The Bertz CT molecular complexity index is 458. The molecule has 0 radical (unpaired) electrons. The van der Waals surface area contributed by atoms with Crippen LogP contribution < -0.4 is 5.32 Å². The molecule has 0 saturated carbocycles. The quantitative estimate of drug-likeness (QED) is 0.684. The third kappa shape index (κ3) is 2.56. The molecule has 1 aliphatic rings. The molecule has 1 aromatic rings. The van der Waals surface area contributed by atoms with Crippen molar-refractivity contribution < 1.29 is 14.3 Å². The van der Waals surface area contributed by atoms with Crippen LogP contribution in [0.4, 0.5) is 0 Å². The fraction of sp³-hybridized carbons (Fsp3) is 0.385. The van der Waals surface area contributed by atoms with Crippen LogP contribution in [0.5, 0.6) is 0 Å². The second-order valence-electron chi connectivity index (χ2n) is 4.13. The number of amides is 1. The molecule has 1 heterocycles. The summed E-state index contributed by atoms with van der Waals surface area (Å²) in [6.07, 6.45) is 0. The van der Waals surface area contributed by atoms with Gasteiger partial charge < -0.3 is 10.1 Å². The van der Waals surface area contributed by atoms with Gasteiger partial charge in [0.15, 0.2) is 0 Å². The summed E-state index contributed by atoms with van der Waals surface area (Å²) in [6.45, 7) is 2.50. The largest absolute Gasteiger partial charge is 0.465 e. The van der Waals surface area contributed by atoms with Crippen molar-refractivity contribution in [1.29, 1.82) is 0 Å². The number of carbonyl (C=O) groups excluding carboxylic acids is 2. The first-order valence-electron chi connectivity index (χ1n) is 5.83.